The molecule has 2 aromatic heterocycles. The maximum Gasteiger partial charge on any atom is 0.269 e. The number of amides is 1. The molecule has 0 saturated carbocycles. The first-order chi connectivity index (χ1) is 14.8. The number of hydrazine groups is 1. The topological polar surface area (TPSA) is 85.4 Å². The molecule has 0 radical (unpaired) electrons. The molecule has 0 fully saturated rings. The highest BCUT2D eigenvalue weighted by atomic mass is 32.2. The van der Waals surface area contributed by atoms with Gasteiger partial charge in [-0.25, -0.2) is 9.97 Å². The van der Waals surface area contributed by atoms with E-state index in [-0.39, 0.29) is 11.5 Å². The van der Waals surface area contributed by atoms with Gasteiger partial charge in [0, 0.05) is 22.1 Å². The summed E-state index contributed by atoms with van der Waals surface area (Å²) in [6.45, 7) is 8.94. The van der Waals surface area contributed by atoms with Crippen molar-refractivity contribution in [3.05, 3.63) is 40.3 Å². The quantitative estimate of drug-likeness (QED) is 0.311. The molecule has 1 aromatic carbocycles. The number of rotatable bonds is 6. The summed E-state index contributed by atoms with van der Waals surface area (Å²) in [5.41, 5.74) is 7.31. The van der Waals surface area contributed by atoms with Crippen LogP contribution in [0.4, 0.5) is 5.82 Å². The second-order valence-electron chi connectivity index (χ2n) is 8.24. The molecule has 4 rings (SSSR count). The van der Waals surface area contributed by atoms with Gasteiger partial charge in [-0.15, -0.1) is 11.3 Å². The van der Waals surface area contributed by atoms with Crippen LogP contribution in [0, 0.1) is 0 Å². The number of nitrogens with one attached hydrogen (secondary N) is 2. The van der Waals surface area contributed by atoms with E-state index in [4.69, 9.17) is 19.4 Å². The van der Waals surface area contributed by atoms with Crippen LogP contribution in [0.3, 0.4) is 0 Å². The average Bonchev–Trinajstić information content (AvgIpc) is 3.08. The van der Waals surface area contributed by atoms with Crippen molar-refractivity contribution in [3.63, 3.8) is 0 Å². The molecule has 3 heterocycles. The maximum atomic E-state index is 12.7. The highest BCUT2D eigenvalue weighted by molar-refractivity contribution is 7.99. The van der Waals surface area contributed by atoms with E-state index in [0.717, 1.165) is 16.6 Å². The number of methoxy groups -OCH3 is 1. The number of aromatic nitrogens is 2. The molecule has 2 N–H and O–H groups in total. The van der Waals surface area contributed by atoms with Crippen LogP contribution in [0.1, 0.15) is 48.5 Å². The van der Waals surface area contributed by atoms with Gasteiger partial charge >= 0.3 is 0 Å². The van der Waals surface area contributed by atoms with Gasteiger partial charge in [-0.1, -0.05) is 25.6 Å². The number of fused-ring (bicyclic) bond motifs is 3. The second kappa shape index (κ2) is 8.64. The summed E-state index contributed by atoms with van der Waals surface area (Å²) < 4.78 is 11.1. The van der Waals surface area contributed by atoms with E-state index in [1.807, 2.05) is 0 Å². The number of thiophene rings is 1. The van der Waals surface area contributed by atoms with Gasteiger partial charge in [0.05, 0.1) is 24.7 Å². The van der Waals surface area contributed by atoms with Crippen LogP contribution < -0.4 is 15.6 Å². The van der Waals surface area contributed by atoms with Gasteiger partial charge < -0.3 is 9.47 Å². The van der Waals surface area contributed by atoms with E-state index in [0.29, 0.717) is 34.1 Å². The Balaban J connectivity index is 1.67. The lowest BCUT2D eigenvalue weighted by atomic mass is 9.94. The number of thioether (sulfide) groups is 1. The van der Waals surface area contributed by atoms with Crippen LogP contribution in [0.25, 0.3) is 10.2 Å². The van der Waals surface area contributed by atoms with Crippen molar-refractivity contribution < 1.29 is 14.3 Å². The Bertz CT molecular complexity index is 1110. The van der Waals surface area contributed by atoms with Crippen LogP contribution in [0.5, 0.6) is 5.75 Å². The Morgan fingerprint density at radius 2 is 2.00 bits per heavy atom. The van der Waals surface area contributed by atoms with E-state index < -0.39 is 0 Å². The number of nitrogens with zero attached hydrogens (tertiary/aromatic N) is 2. The van der Waals surface area contributed by atoms with Gasteiger partial charge in [0.25, 0.3) is 5.91 Å². The van der Waals surface area contributed by atoms with Crippen LogP contribution in [-0.2, 0) is 17.8 Å². The monoisotopic (exact) mass is 458 g/mol. The maximum absolute atomic E-state index is 12.7. The highest BCUT2D eigenvalue weighted by Crippen LogP contribution is 2.41. The van der Waals surface area contributed by atoms with Gasteiger partial charge in [-0.05, 0) is 43.7 Å². The summed E-state index contributed by atoms with van der Waals surface area (Å²) in [5.74, 6) is 1.07. The molecule has 7 nitrogen and oxygen atoms in total. The second-order valence-corrected chi connectivity index (χ2v) is 10.9. The molecule has 0 saturated heterocycles. The molecular formula is C22H26N4O3S2. The number of ether oxygens (including phenoxy) is 2. The minimum atomic E-state index is -0.254. The molecule has 1 aliphatic rings. The van der Waals surface area contributed by atoms with Crippen molar-refractivity contribution in [1.29, 1.82) is 0 Å². The highest BCUT2D eigenvalue weighted by Gasteiger charge is 2.31. The fraction of sp³-hybridized carbons (Fsp3) is 0.409. The lowest BCUT2D eigenvalue weighted by Gasteiger charge is -2.30. The average molecular weight is 459 g/mol. The van der Waals surface area contributed by atoms with Gasteiger partial charge in [0.2, 0.25) is 0 Å². The molecule has 1 aliphatic heterocycles. The Labute approximate surface area is 189 Å². The van der Waals surface area contributed by atoms with Crippen molar-refractivity contribution in [3.8, 4) is 5.75 Å². The van der Waals surface area contributed by atoms with Gasteiger partial charge in [0.15, 0.2) is 11.0 Å². The normalized spacial score (nSPS) is 15.0. The number of carbonyl (C=O) groups excluding carboxylic acids is 1. The smallest absolute Gasteiger partial charge is 0.269 e. The summed E-state index contributed by atoms with van der Waals surface area (Å²) >= 11 is 3.23. The van der Waals surface area contributed by atoms with Crippen molar-refractivity contribution in [1.82, 2.24) is 15.4 Å². The summed E-state index contributed by atoms with van der Waals surface area (Å²) in [6, 6.07) is 6.95. The molecule has 9 heteroatoms. The van der Waals surface area contributed by atoms with Gasteiger partial charge in [-0.2, -0.15) is 0 Å². The standard InChI is InChI=1S/C22H26N4O3S2/c1-12(2)30-21-23-18(25-26-19(27)13-6-8-14(28-5)9-7-13)17-15-10-22(3,4)29-11-16(15)31-20(17)24-21/h6-9,12H,10-11H2,1-5H3,(H,26,27)(H,23,24,25). The Hall–Kier alpha value is -2.36. The summed E-state index contributed by atoms with van der Waals surface area (Å²) in [4.78, 5) is 24.3. The van der Waals surface area contributed by atoms with Crippen LogP contribution in [-0.4, -0.2) is 33.8 Å². The fourth-order valence-electron chi connectivity index (χ4n) is 3.41. The molecule has 0 unspecified atom stereocenters. The number of hydrogen-bond donors (Lipinski definition) is 2. The van der Waals surface area contributed by atoms with Crippen LogP contribution in [0.15, 0.2) is 29.4 Å². The molecule has 0 atom stereocenters. The molecule has 0 spiro atoms. The number of anilines is 1. The van der Waals surface area contributed by atoms with Crippen molar-refractivity contribution >= 4 is 45.0 Å². The number of carbonyl (C=O) groups is 1. The van der Waals surface area contributed by atoms with E-state index in [1.165, 1.54) is 10.4 Å². The summed E-state index contributed by atoms with van der Waals surface area (Å²) in [7, 11) is 1.59. The minimum Gasteiger partial charge on any atom is -0.497 e. The van der Waals surface area contributed by atoms with Crippen LogP contribution >= 0.6 is 23.1 Å². The van der Waals surface area contributed by atoms with E-state index in [1.54, 1.807) is 54.5 Å². The van der Waals surface area contributed by atoms with Crippen molar-refractivity contribution in [2.75, 3.05) is 12.5 Å². The third kappa shape index (κ3) is 4.78. The van der Waals surface area contributed by atoms with Gasteiger partial charge in [0.1, 0.15) is 10.6 Å². The van der Waals surface area contributed by atoms with Crippen molar-refractivity contribution in [2.45, 2.75) is 56.7 Å². The SMILES string of the molecule is COc1ccc(C(=O)NNc2nc(SC(C)C)nc3sc4c(c23)CC(C)(C)OC4)cc1. The third-order valence-electron chi connectivity index (χ3n) is 4.90. The van der Waals surface area contributed by atoms with Crippen LogP contribution in [0.2, 0.25) is 0 Å². The predicted molar refractivity (Wildman–Crippen MR) is 125 cm³/mol. The molecular weight excluding hydrogens is 432 g/mol. The summed E-state index contributed by atoms with van der Waals surface area (Å²) in [6.07, 6.45) is 0.767. The Morgan fingerprint density at radius 3 is 2.68 bits per heavy atom. The van der Waals surface area contributed by atoms with E-state index >= 15 is 0 Å². The lowest BCUT2D eigenvalue weighted by Crippen LogP contribution is -2.32. The Morgan fingerprint density at radius 1 is 1.26 bits per heavy atom. The Kier molecular flexibility index (Phi) is 6.09. The lowest BCUT2D eigenvalue weighted by molar-refractivity contribution is -0.0379. The number of hydrogen-bond acceptors (Lipinski definition) is 8. The molecule has 164 valence electrons. The zero-order valence-corrected chi connectivity index (χ0v) is 19.9. The first-order valence-corrected chi connectivity index (χ1v) is 11.8. The summed E-state index contributed by atoms with van der Waals surface area (Å²) in [5, 5.41) is 1.98. The molecule has 0 bridgehead atoms. The zero-order valence-electron chi connectivity index (χ0n) is 18.2. The van der Waals surface area contributed by atoms with E-state index in [9.17, 15) is 4.79 Å². The first-order valence-electron chi connectivity index (χ1n) is 10.1. The molecule has 3 aromatic rings. The fourth-order valence-corrected chi connectivity index (χ4v) is 5.28. The van der Waals surface area contributed by atoms with E-state index in [2.05, 4.69) is 38.5 Å². The van der Waals surface area contributed by atoms with Crippen molar-refractivity contribution in [2.24, 2.45) is 0 Å². The minimum absolute atomic E-state index is 0.250. The third-order valence-corrected chi connectivity index (χ3v) is 6.86. The first kappa shape index (κ1) is 21.9. The largest absolute Gasteiger partial charge is 0.497 e. The molecule has 0 aliphatic carbocycles. The van der Waals surface area contributed by atoms with Gasteiger partial charge in [-0.3, -0.25) is 15.6 Å². The predicted octanol–water partition coefficient (Wildman–Crippen LogP) is 4.81. The molecule has 1 amide bonds. The zero-order chi connectivity index (χ0) is 22.2. The number of benzene rings is 1. The molecule has 31 heavy (non-hydrogen) atoms.